The number of para-hydroxylation sites is 1. The van der Waals surface area contributed by atoms with Crippen LogP contribution in [0.3, 0.4) is 0 Å². The van der Waals surface area contributed by atoms with Crippen molar-refractivity contribution in [2.24, 2.45) is 0 Å². The molecule has 0 bridgehead atoms. The molecule has 1 fully saturated rings. The number of hydrogen-bond donors (Lipinski definition) is 2. The Bertz CT molecular complexity index is 853. The van der Waals surface area contributed by atoms with Crippen LogP contribution >= 0.6 is 0 Å². The summed E-state index contributed by atoms with van der Waals surface area (Å²) in [6, 6.07) is 8.51. The monoisotopic (exact) mass is 369 g/mol. The smallest absolute Gasteiger partial charge is 0.325 e. The van der Waals surface area contributed by atoms with Crippen molar-refractivity contribution in [1.82, 2.24) is 10.2 Å². The summed E-state index contributed by atoms with van der Waals surface area (Å²) in [7, 11) is 0. The van der Waals surface area contributed by atoms with Crippen LogP contribution in [0.5, 0.6) is 0 Å². The van der Waals surface area contributed by atoms with Crippen LogP contribution in [0, 0.1) is 0 Å². The van der Waals surface area contributed by atoms with Crippen molar-refractivity contribution < 1.29 is 18.8 Å². The summed E-state index contributed by atoms with van der Waals surface area (Å²) in [5, 5.41) is 5.49. The van der Waals surface area contributed by atoms with E-state index in [4.69, 9.17) is 4.42 Å². The molecule has 0 unspecified atom stereocenters. The zero-order valence-electron chi connectivity index (χ0n) is 15.7. The fraction of sp³-hybridized carbons (Fsp3) is 0.350. The standard InChI is InChI=1S/C20H23N3O4/c1-4-13-8-6-9-14(5-2)17(13)21-16(24)12-23-18(25)20(3,22-19(23)26)15-10-7-11-27-15/h6-11H,4-5,12H2,1-3H3,(H,21,24)(H,22,26)/t20-/m0/s1. The number of rotatable bonds is 6. The van der Waals surface area contributed by atoms with Crippen LogP contribution in [0.25, 0.3) is 0 Å². The third-order valence-electron chi connectivity index (χ3n) is 4.85. The van der Waals surface area contributed by atoms with Crippen molar-refractivity contribution in [3.63, 3.8) is 0 Å². The van der Waals surface area contributed by atoms with E-state index in [0.717, 1.165) is 34.6 Å². The zero-order chi connectivity index (χ0) is 19.6. The highest BCUT2D eigenvalue weighted by Crippen LogP contribution is 2.29. The highest BCUT2D eigenvalue weighted by molar-refractivity contribution is 6.10. The van der Waals surface area contributed by atoms with E-state index in [9.17, 15) is 14.4 Å². The average Bonchev–Trinajstić information content (AvgIpc) is 3.26. The molecule has 3 rings (SSSR count). The number of urea groups is 1. The average molecular weight is 369 g/mol. The lowest BCUT2D eigenvalue weighted by Gasteiger charge is -2.19. The van der Waals surface area contributed by atoms with Crippen molar-refractivity contribution in [2.45, 2.75) is 39.2 Å². The second-order valence-corrected chi connectivity index (χ2v) is 6.63. The molecule has 7 nitrogen and oxygen atoms in total. The summed E-state index contributed by atoms with van der Waals surface area (Å²) >= 11 is 0. The van der Waals surface area contributed by atoms with Crippen molar-refractivity contribution in [1.29, 1.82) is 0 Å². The zero-order valence-corrected chi connectivity index (χ0v) is 15.7. The Morgan fingerprint density at radius 1 is 1.15 bits per heavy atom. The van der Waals surface area contributed by atoms with Gasteiger partial charge in [-0.25, -0.2) is 4.79 Å². The molecule has 142 valence electrons. The van der Waals surface area contributed by atoms with Crippen LogP contribution < -0.4 is 10.6 Å². The van der Waals surface area contributed by atoms with Crippen molar-refractivity contribution >= 4 is 23.5 Å². The molecule has 0 spiro atoms. The maximum atomic E-state index is 12.8. The molecular formula is C20H23N3O4. The molecule has 1 aliphatic heterocycles. The molecule has 7 heteroatoms. The van der Waals surface area contributed by atoms with E-state index in [-0.39, 0.29) is 6.54 Å². The topological polar surface area (TPSA) is 91.7 Å². The lowest BCUT2D eigenvalue weighted by molar-refractivity contribution is -0.134. The highest BCUT2D eigenvalue weighted by Gasteiger charge is 2.51. The molecule has 4 amide bonds. The molecule has 2 aromatic rings. The van der Waals surface area contributed by atoms with Crippen LogP contribution in [0.4, 0.5) is 10.5 Å². The minimum atomic E-state index is -1.31. The quantitative estimate of drug-likeness (QED) is 0.766. The number of nitrogens with one attached hydrogen (secondary N) is 2. The summed E-state index contributed by atoms with van der Waals surface area (Å²) in [6.45, 7) is 5.22. The Morgan fingerprint density at radius 3 is 2.37 bits per heavy atom. The van der Waals surface area contributed by atoms with Gasteiger partial charge in [0.25, 0.3) is 5.91 Å². The third kappa shape index (κ3) is 3.32. The molecule has 2 N–H and O–H groups in total. The van der Waals surface area contributed by atoms with Gasteiger partial charge < -0.3 is 15.1 Å². The molecule has 1 atom stereocenters. The molecule has 27 heavy (non-hydrogen) atoms. The van der Waals surface area contributed by atoms with E-state index in [1.807, 2.05) is 32.0 Å². The van der Waals surface area contributed by atoms with Crippen molar-refractivity contribution in [2.75, 3.05) is 11.9 Å². The number of nitrogens with zero attached hydrogens (tertiary/aromatic N) is 1. The minimum absolute atomic E-state index is 0.327. The summed E-state index contributed by atoms with van der Waals surface area (Å²) < 4.78 is 5.29. The Kier molecular flexibility index (Phi) is 5.03. The molecule has 1 saturated heterocycles. The number of furan rings is 1. The predicted octanol–water partition coefficient (Wildman–Crippen LogP) is 2.81. The first-order valence-corrected chi connectivity index (χ1v) is 8.99. The maximum Gasteiger partial charge on any atom is 0.325 e. The van der Waals surface area contributed by atoms with E-state index in [0.29, 0.717) is 5.76 Å². The Labute approximate surface area is 157 Å². The van der Waals surface area contributed by atoms with Crippen molar-refractivity contribution in [3.05, 3.63) is 53.5 Å². The minimum Gasteiger partial charge on any atom is -0.466 e. The number of amides is 4. The number of carbonyl (C=O) groups is 3. The van der Waals surface area contributed by atoms with Gasteiger partial charge in [0.1, 0.15) is 12.3 Å². The van der Waals surface area contributed by atoms with E-state index in [1.54, 1.807) is 19.1 Å². The second-order valence-electron chi connectivity index (χ2n) is 6.63. The van der Waals surface area contributed by atoms with Crippen LogP contribution in [0.2, 0.25) is 0 Å². The maximum absolute atomic E-state index is 12.8. The van der Waals surface area contributed by atoms with Gasteiger partial charge in [0, 0.05) is 5.69 Å². The van der Waals surface area contributed by atoms with Crippen LogP contribution in [0.15, 0.2) is 41.0 Å². The van der Waals surface area contributed by atoms with Crippen LogP contribution in [-0.4, -0.2) is 29.3 Å². The first kappa shape index (κ1) is 18.7. The van der Waals surface area contributed by atoms with Gasteiger partial charge in [-0.2, -0.15) is 0 Å². The Hall–Kier alpha value is -3.09. The number of anilines is 1. The molecule has 1 aliphatic rings. The molecule has 2 heterocycles. The van der Waals surface area contributed by atoms with Gasteiger partial charge in [-0.05, 0) is 43.0 Å². The summed E-state index contributed by atoms with van der Waals surface area (Å²) in [4.78, 5) is 38.6. The van der Waals surface area contributed by atoms with Gasteiger partial charge in [0.05, 0.1) is 6.26 Å². The molecular weight excluding hydrogens is 346 g/mol. The number of benzene rings is 1. The molecule has 1 aromatic carbocycles. The molecule has 1 aromatic heterocycles. The summed E-state index contributed by atoms with van der Waals surface area (Å²) in [5.41, 5.74) is 1.48. The first-order valence-electron chi connectivity index (χ1n) is 8.99. The SMILES string of the molecule is CCc1cccc(CC)c1NC(=O)CN1C(=O)N[C@@](C)(c2ccco2)C1=O. The van der Waals surface area contributed by atoms with Crippen LogP contribution in [0.1, 0.15) is 37.7 Å². The Balaban J connectivity index is 1.77. The van der Waals surface area contributed by atoms with Gasteiger partial charge >= 0.3 is 6.03 Å². The Morgan fingerprint density at radius 2 is 1.81 bits per heavy atom. The summed E-state index contributed by atoms with van der Waals surface area (Å²) in [5.74, 6) is -0.608. The van der Waals surface area contributed by atoms with Crippen molar-refractivity contribution in [3.8, 4) is 0 Å². The van der Waals surface area contributed by atoms with Gasteiger partial charge in [-0.3, -0.25) is 14.5 Å². The number of aryl methyl sites for hydroxylation is 2. The third-order valence-corrected chi connectivity index (χ3v) is 4.85. The van der Waals surface area contributed by atoms with Gasteiger partial charge in [0.2, 0.25) is 5.91 Å². The predicted molar refractivity (Wildman–Crippen MR) is 100 cm³/mol. The fourth-order valence-electron chi connectivity index (χ4n) is 3.30. The highest BCUT2D eigenvalue weighted by atomic mass is 16.3. The van der Waals surface area contributed by atoms with Gasteiger partial charge in [-0.15, -0.1) is 0 Å². The van der Waals surface area contributed by atoms with Gasteiger partial charge in [-0.1, -0.05) is 32.0 Å². The molecule has 0 aliphatic carbocycles. The van der Waals surface area contributed by atoms with E-state index >= 15 is 0 Å². The van der Waals surface area contributed by atoms with Gasteiger partial charge in [0.15, 0.2) is 5.54 Å². The van der Waals surface area contributed by atoms with Crippen LogP contribution in [-0.2, 0) is 28.0 Å². The normalized spacial score (nSPS) is 19.3. The molecule has 0 radical (unpaired) electrons. The number of imide groups is 1. The molecule has 0 saturated carbocycles. The van der Waals surface area contributed by atoms with E-state index in [2.05, 4.69) is 10.6 Å². The first-order chi connectivity index (χ1) is 12.9. The van der Waals surface area contributed by atoms with E-state index < -0.39 is 23.4 Å². The second kappa shape index (κ2) is 7.26. The number of carbonyl (C=O) groups excluding carboxylic acids is 3. The number of hydrogen-bond acceptors (Lipinski definition) is 4. The van der Waals surface area contributed by atoms with E-state index in [1.165, 1.54) is 6.26 Å². The fourth-order valence-corrected chi connectivity index (χ4v) is 3.30. The lowest BCUT2D eigenvalue weighted by Crippen LogP contribution is -2.42. The largest absolute Gasteiger partial charge is 0.466 e. The summed E-state index contributed by atoms with van der Waals surface area (Å²) in [6.07, 6.45) is 2.97. The lowest BCUT2D eigenvalue weighted by atomic mass is 9.99.